The molecule has 118 valence electrons. The number of benzene rings is 1. The molecule has 1 aromatic carbocycles. The lowest BCUT2D eigenvalue weighted by Gasteiger charge is -2.33. The van der Waals surface area contributed by atoms with Gasteiger partial charge in [-0.1, -0.05) is 19.4 Å². The molecule has 0 bridgehead atoms. The van der Waals surface area contributed by atoms with Crippen molar-refractivity contribution < 1.29 is 0 Å². The first-order valence-electron chi connectivity index (χ1n) is 7.99. The van der Waals surface area contributed by atoms with Crippen LogP contribution in [0.2, 0.25) is 0 Å². The van der Waals surface area contributed by atoms with Crippen LogP contribution >= 0.6 is 31.9 Å². The molecule has 21 heavy (non-hydrogen) atoms. The fraction of sp³-hybridized carbons (Fsp3) is 0.647. The molecular weight excluding hydrogens is 392 g/mol. The number of rotatable bonds is 5. The highest BCUT2D eigenvalue weighted by atomic mass is 79.9. The average molecular weight is 418 g/mol. The highest BCUT2D eigenvalue weighted by molar-refractivity contribution is 9.13. The first kappa shape index (κ1) is 17.5. The van der Waals surface area contributed by atoms with E-state index in [1.807, 2.05) is 0 Å². The zero-order valence-electron chi connectivity index (χ0n) is 13.0. The summed E-state index contributed by atoms with van der Waals surface area (Å²) in [4.78, 5) is 2.54. The van der Waals surface area contributed by atoms with Gasteiger partial charge in [0.1, 0.15) is 0 Å². The van der Waals surface area contributed by atoms with Crippen molar-refractivity contribution >= 4 is 31.9 Å². The second-order valence-electron chi connectivity index (χ2n) is 6.06. The van der Waals surface area contributed by atoms with E-state index in [9.17, 15) is 0 Å². The molecule has 1 N–H and O–H groups in total. The topological polar surface area (TPSA) is 15.3 Å². The third-order valence-electron chi connectivity index (χ3n) is 4.38. The molecule has 0 aromatic heterocycles. The van der Waals surface area contributed by atoms with Crippen molar-refractivity contribution in [1.82, 2.24) is 10.2 Å². The molecule has 0 amide bonds. The molecule has 2 rings (SSSR count). The average Bonchev–Trinajstić information content (AvgIpc) is 2.64. The summed E-state index contributed by atoms with van der Waals surface area (Å²) in [6, 6.07) is 7.23. The summed E-state index contributed by atoms with van der Waals surface area (Å²) in [7, 11) is 2.28. The zero-order chi connectivity index (χ0) is 15.2. The highest BCUT2D eigenvalue weighted by Gasteiger charge is 2.28. The summed E-state index contributed by atoms with van der Waals surface area (Å²) < 4.78 is 2.28. The van der Waals surface area contributed by atoms with E-state index in [1.54, 1.807) is 0 Å². The van der Waals surface area contributed by atoms with Gasteiger partial charge in [-0.25, -0.2) is 0 Å². The Labute approximate surface area is 145 Å². The van der Waals surface area contributed by atoms with Crippen molar-refractivity contribution in [3.8, 4) is 0 Å². The van der Waals surface area contributed by atoms with Gasteiger partial charge in [0.2, 0.25) is 0 Å². The summed E-state index contributed by atoms with van der Waals surface area (Å²) in [5.74, 6) is 0.692. The van der Waals surface area contributed by atoms with Gasteiger partial charge < -0.3 is 5.32 Å². The summed E-state index contributed by atoms with van der Waals surface area (Å²) in [6.07, 6.45) is 5.18. The molecule has 0 saturated carbocycles. The van der Waals surface area contributed by atoms with Crippen LogP contribution in [0.15, 0.2) is 27.1 Å². The number of nitrogens with zero attached hydrogens (tertiary/aromatic N) is 1. The Hall–Kier alpha value is 0.1000. The Balaban J connectivity index is 2.20. The van der Waals surface area contributed by atoms with Crippen LogP contribution in [0, 0.1) is 5.92 Å². The minimum Gasteiger partial charge on any atom is -0.316 e. The van der Waals surface area contributed by atoms with Crippen molar-refractivity contribution in [2.75, 3.05) is 26.7 Å². The predicted molar refractivity (Wildman–Crippen MR) is 97.7 cm³/mol. The van der Waals surface area contributed by atoms with Crippen molar-refractivity contribution in [3.05, 3.63) is 32.7 Å². The second-order valence-corrected chi connectivity index (χ2v) is 7.77. The van der Waals surface area contributed by atoms with Crippen molar-refractivity contribution in [1.29, 1.82) is 0 Å². The van der Waals surface area contributed by atoms with E-state index in [0.717, 1.165) is 22.0 Å². The minimum atomic E-state index is 0.515. The van der Waals surface area contributed by atoms with E-state index >= 15 is 0 Å². The van der Waals surface area contributed by atoms with Crippen LogP contribution in [-0.4, -0.2) is 31.6 Å². The van der Waals surface area contributed by atoms with Crippen LogP contribution in [0.25, 0.3) is 0 Å². The summed E-state index contributed by atoms with van der Waals surface area (Å²) in [5, 5.41) is 3.63. The second kappa shape index (κ2) is 8.66. The minimum absolute atomic E-state index is 0.515. The van der Waals surface area contributed by atoms with Gasteiger partial charge in [-0.2, -0.15) is 0 Å². The molecule has 2 nitrogen and oxygen atoms in total. The molecule has 1 saturated heterocycles. The summed E-state index contributed by atoms with van der Waals surface area (Å²) >= 11 is 7.23. The third kappa shape index (κ3) is 4.78. The lowest BCUT2D eigenvalue weighted by Crippen LogP contribution is -2.35. The van der Waals surface area contributed by atoms with E-state index in [-0.39, 0.29) is 0 Å². The maximum Gasteiger partial charge on any atom is 0.0385 e. The maximum atomic E-state index is 3.65. The molecule has 4 heteroatoms. The first-order chi connectivity index (χ1) is 10.1. The summed E-state index contributed by atoms with van der Waals surface area (Å²) in [5.41, 5.74) is 1.43. The predicted octanol–water partition coefficient (Wildman–Crippen LogP) is 4.98. The van der Waals surface area contributed by atoms with Gasteiger partial charge in [0, 0.05) is 15.0 Å². The lowest BCUT2D eigenvalue weighted by atomic mass is 9.89. The zero-order valence-corrected chi connectivity index (χ0v) is 16.2. The van der Waals surface area contributed by atoms with E-state index < -0.39 is 0 Å². The molecule has 0 radical (unpaired) electrons. The fourth-order valence-electron chi connectivity index (χ4n) is 3.33. The number of hydrogen-bond acceptors (Lipinski definition) is 2. The van der Waals surface area contributed by atoms with E-state index in [0.29, 0.717) is 12.0 Å². The Morgan fingerprint density at radius 3 is 2.76 bits per heavy atom. The van der Waals surface area contributed by atoms with E-state index in [2.05, 4.69) is 74.2 Å². The lowest BCUT2D eigenvalue weighted by molar-refractivity contribution is 0.189. The standard InChI is InChI=1S/C17H26Br2N2/c1-3-9-20-12-14-6-4-5-10-21(2)17(14)13-7-8-15(18)16(19)11-13/h7-8,11,14,17,20H,3-6,9-10,12H2,1-2H3. The molecule has 2 unspecified atom stereocenters. The molecule has 0 aliphatic carbocycles. The van der Waals surface area contributed by atoms with E-state index in [1.165, 1.54) is 37.8 Å². The van der Waals surface area contributed by atoms with Crippen LogP contribution in [0.4, 0.5) is 0 Å². The number of nitrogens with one attached hydrogen (secondary N) is 1. The molecule has 1 aliphatic heterocycles. The van der Waals surface area contributed by atoms with Gasteiger partial charge >= 0.3 is 0 Å². The van der Waals surface area contributed by atoms with Crippen LogP contribution in [0.1, 0.15) is 44.2 Å². The molecule has 1 aromatic rings. The SMILES string of the molecule is CCCNCC1CCCCN(C)C1c1ccc(Br)c(Br)c1. The van der Waals surface area contributed by atoms with E-state index in [4.69, 9.17) is 0 Å². The number of halogens is 2. The quantitative estimate of drug-likeness (QED) is 0.679. The Morgan fingerprint density at radius 2 is 2.05 bits per heavy atom. The number of likely N-dealkylation sites (tertiary alicyclic amines) is 1. The van der Waals surface area contributed by atoms with Gasteiger partial charge in [0.25, 0.3) is 0 Å². The molecular formula is C17H26Br2N2. The van der Waals surface area contributed by atoms with Gasteiger partial charge in [-0.05, 0) is 101 Å². The van der Waals surface area contributed by atoms with Crippen LogP contribution < -0.4 is 5.32 Å². The monoisotopic (exact) mass is 416 g/mol. The van der Waals surface area contributed by atoms with Gasteiger partial charge in [-0.3, -0.25) is 4.90 Å². The van der Waals surface area contributed by atoms with Crippen molar-refractivity contribution in [3.63, 3.8) is 0 Å². The highest BCUT2D eigenvalue weighted by Crippen LogP contribution is 2.36. The first-order valence-corrected chi connectivity index (χ1v) is 9.58. The normalized spacial score (nSPS) is 24.0. The van der Waals surface area contributed by atoms with Crippen LogP contribution in [0.3, 0.4) is 0 Å². The fourth-order valence-corrected chi connectivity index (χ4v) is 3.97. The Kier molecular flexibility index (Phi) is 7.20. The van der Waals surface area contributed by atoms with Crippen LogP contribution in [-0.2, 0) is 0 Å². The smallest absolute Gasteiger partial charge is 0.0385 e. The van der Waals surface area contributed by atoms with Crippen LogP contribution in [0.5, 0.6) is 0 Å². The Bertz CT molecular complexity index is 450. The molecule has 2 atom stereocenters. The third-order valence-corrected chi connectivity index (χ3v) is 6.26. The Morgan fingerprint density at radius 1 is 1.24 bits per heavy atom. The number of hydrogen-bond donors (Lipinski definition) is 1. The maximum absolute atomic E-state index is 3.65. The molecule has 1 heterocycles. The molecule has 1 aliphatic rings. The van der Waals surface area contributed by atoms with Crippen molar-refractivity contribution in [2.24, 2.45) is 5.92 Å². The molecule has 1 fully saturated rings. The van der Waals surface area contributed by atoms with Gasteiger partial charge in [0.05, 0.1) is 0 Å². The summed E-state index contributed by atoms with van der Waals surface area (Å²) in [6.45, 7) is 5.67. The largest absolute Gasteiger partial charge is 0.316 e. The van der Waals surface area contributed by atoms with Crippen molar-refractivity contribution in [2.45, 2.75) is 38.6 Å². The van der Waals surface area contributed by atoms with Gasteiger partial charge in [-0.15, -0.1) is 0 Å². The molecule has 0 spiro atoms. The van der Waals surface area contributed by atoms with Gasteiger partial charge in [0.15, 0.2) is 0 Å².